The number of carbonyl (C=O) groups is 2. The Morgan fingerprint density at radius 2 is 2.27 bits per heavy atom. The summed E-state index contributed by atoms with van der Waals surface area (Å²) in [4.78, 5) is 32.9. The maximum absolute atomic E-state index is 12.8. The molecular weight excluding hydrogens is 432 g/mol. The third-order valence-corrected chi connectivity index (χ3v) is 4.39. The molecule has 1 aliphatic heterocycles. The van der Waals surface area contributed by atoms with Gasteiger partial charge < -0.3 is 4.74 Å². The molecule has 1 unspecified atom stereocenters. The van der Waals surface area contributed by atoms with Gasteiger partial charge in [0.05, 0.1) is 19.1 Å². The maximum Gasteiger partial charge on any atom is 0.360 e. The summed E-state index contributed by atoms with van der Waals surface area (Å²) in [6.45, 7) is -0.0543. The normalized spacial score (nSPS) is 18.6. The number of methoxy groups -OCH3 is 1. The number of anilines is 1. The predicted octanol–water partition coefficient (Wildman–Crippen LogP) is 0.520. The van der Waals surface area contributed by atoms with E-state index in [0.717, 1.165) is 12.0 Å². The highest BCUT2D eigenvalue weighted by atomic mass is 127. The monoisotopic (exact) mass is 443 g/mol. The fraction of sp³-hybridized carbons (Fsp3) is 0.455. The first-order valence-electron chi connectivity index (χ1n) is 6.05. The molecule has 120 valence electrons. The largest absolute Gasteiger partial charge is 0.464 e. The van der Waals surface area contributed by atoms with Crippen LogP contribution < -0.4 is 4.90 Å². The van der Waals surface area contributed by atoms with Crippen LogP contribution in [-0.2, 0) is 19.8 Å². The van der Waals surface area contributed by atoms with E-state index in [1.165, 1.54) is 6.20 Å². The van der Waals surface area contributed by atoms with E-state index in [-0.39, 0.29) is 24.5 Å². The van der Waals surface area contributed by atoms with Crippen molar-refractivity contribution in [3.05, 3.63) is 15.6 Å². The summed E-state index contributed by atoms with van der Waals surface area (Å²) in [5.41, 5.74) is -0.147. The number of halogens is 2. The van der Waals surface area contributed by atoms with Gasteiger partial charge in [0, 0.05) is 18.9 Å². The van der Waals surface area contributed by atoms with E-state index in [4.69, 9.17) is 0 Å². The molecule has 1 atom stereocenters. The quantitative estimate of drug-likeness (QED) is 0.380. The molecule has 22 heavy (non-hydrogen) atoms. The van der Waals surface area contributed by atoms with Crippen LogP contribution in [0.4, 0.5) is 9.70 Å². The van der Waals surface area contributed by atoms with Crippen molar-refractivity contribution in [1.29, 1.82) is 0 Å². The first-order chi connectivity index (χ1) is 10.2. The first-order valence-corrected chi connectivity index (χ1v) is 8.68. The number of aromatic nitrogens is 2. The Morgan fingerprint density at radius 1 is 1.59 bits per heavy atom. The Morgan fingerprint density at radius 3 is 2.86 bits per heavy atom. The highest BCUT2D eigenvalue weighted by molar-refractivity contribution is 14.1. The van der Waals surface area contributed by atoms with Crippen molar-refractivity contribution in [3.8, 4) is 0 Å². The van der Waals surface area contributed by atoms with E-state index in [2.05, 4.69) is 14.7 Å². The van der Waals surface area contributed by atoms with Crippen LogP contribution in [-0.4, -0.2) is 49.7 Å². The lowest BCUT2D eigenvalue weighted by Crippen LogP contribution is -2.29. The molecule has 0 aromatic carbocycles. The SMILES string of the molecule is COC(=O)c1nc(I)cnc1N1CC(CS(=O)(=O)F)CC1=O. The summed E-state index contributed by atoms with van der Waals surface area (Å²) in [5, 5.41) is 0. The second-order valence-corrected chi connectivity index (χ2v) is 7.15. The lowest BCUT2D eigenvalue weighted by Gasteiger charge is -2.17. The summed E-state index contributed by atoms with van der Waals surface area (Å²) < 4.78 is 39.2. The van der Waals surface area contributed by atoms with Crippen LogP contribution in [0.5, 0.6) is 0 Å². The summed E-state index contributed by atoms with van der Waals surface area (Å²) in [6, 6.07) is 0. The molecular formula is C11H11FIN3O5S. The van der Waals surface area contributed by atoms with Crippen LogP contribution in [0.3, 0.4) is 0 Å². The number of carbonyl (C=O) groups excluding carboxylic acids is 2. The van der Waals surface area contributed by atoms with Crippen LogP contribution in [0.1, 0.15) is 16.9 Å². The van der Waals surface area contributed by atoms with Gasteiger partial charge in [-0.3, -0.25) is 9.69 Å². The van der Waals surface area contributed by atoms with E-state index < -0.39 is 33.8 Å². The van der Waals surface area contributed by atoms with E-state index in [9.17, 15) is 21.9 Å². The average molecular weight is 443 g/mol. The molecule has 1 aliphatic rings. The molecule has 11 heteroatoms. The molecule has 0 spiro atoms. The third-order valence-electron chi connectivity index (χ3n) is 3.00. The lowest BCUT2D eigenvalue weighted by atomic mass is 10.1. The highest BCUT2D eigenvalue weighted by Gasteiger charge is 2.36. The van der Waals surface area contributed by atoms with Gasteiger partial charge in [-0.25, -0.2) is 14.8 Å². The van der Waals surface area contributed by atoms with E-state index >= 15 is 0 Å². The predicted molar refractivity (Wildman–Crippen MR) is 81.4 cm³/mol. The number of rotatable bonds is 4. The second-order valence-electron chi connectivity index (χ2n) is 4.64. The van der Waals surface area contributed by atoms with Crippen molar-refractivity contribution in [2.24, 2.45) is 5.92 Å². The fourth-order valence-corrected chi connectivity index (χ4v) is 3.34. The van der Waals surface area contributed by atoms with Crippen LogP contribution in [0, 0.1) is 9.62 Å². The number of ether oxygens (including phenoxy) is 1. The molecule has 1 fully saturated rings. The number of nitrogens with zero attached hydrogens (tertiary/aromatic N) is 3. The van der Waals surface area contributed by atoms with Crippen LogP contribution in [0.25, 0.3) is 0 Å². The maximum atomic E-state index is 12.8. The van der Waals surface area contributed by atoms with E-state index in [1.54, 1.807) is 0 Å². The van der Waals surface area contributed by atoms with Crippen molar-refractivity contribution < 1.29 is 26.6 Å². The number of esters is 1. The Hall–Kier alpha value is -1.37. The first kappa shape index (κ1) is 17.0. The van der Waals surface area contributed by atoms with Crippen molar-refractivity contribution in [2.75, 3.05) is 24.3 Å². The fourth-order valence-electron chi connectivity index (χ4n) is 2.17. The van der Waals surface area contributed by atoms with E-state index in [0.29, 0.717) is 3.70 Å². The van der Waals surface area contributed by atoms with Crippen LogP contribution >= 0.6 is 22.6 Å². The van der Waals surface area contributed by atoms with Gasteiger partial charge in [-0.2, -0.15) is 8.42 Å². The third kappa shape index (κ3) is 3.88. The molecule has 0 radical (unpaired) electrons. The summed E-state index contributed by atoms with van der Waals surface area (Å²) >= 11 is 1.85. The molecule has 0 aliphatic carbocycles. The molecule has 0 saturated carbocycles. The minimum Gasteiger partial charge on any atom is -0.464 e. The molecule has 0 bridgehead atoms. The van der Waals surface area contributed by atoms with E-state index in [1.807, 2.05) is 22.6 Å². The van der Waals surface area contributed by atoms with Gasteiger partial charge in [-0.1, -0.05) is 0 Å². The molecule has 2 heterocycles. The summed E-state index contributed by atoms with van der Waals surface area (Å²) in [7, 11) is -3.52. The minimum absolute atomic E-state index is 0.0176. The Kier molecular flexibility index (Phi) is 4.94. The second kappa shape index (κ2) is 6.40. The number of hydrogen-bond donors (Lipinski definition) is 0. The average Bonchev–Trinajstić information content (AvgIpc) is 2.76. The Labute approximate surface area is 139 Å². The highest BCUT2D eigenvalue weighted by Crippen LogP contribution is 2.27. The van der Waals surface area contributed by atoms with Crippen LogP contribution in [0.15, 0.2) is 6.20 Å². The zero-order valence-electron chi connectivity index (χ0n) is 11.3. The summed E-state index contributed by atoms with van der Waals surface area (Å²) in [6.07, 6.45) is 1.21. The molecule has 0 N–H and O–H groups in total. The van der Waals surface area contributed by atoms with Crippen LogP contribution in [0.2, 0.25) is 0 Å². The molecule has 1 aromatic rings. The molecule has 1 aromatic heterocycles. The number of amides is 1. The molecule has 1 saturated heterocycles. The van der Waals surface area contributed by atoms with Gasteiger partial charge in [0.2, 0.25) is 5.91 Å². The molecule has 8 nitrogen and oxygen atoms in total. The Bertz CT molecular complexity index is 726. The smallest absolute Gasteiger partial charge is 0.360 e. The van der Waals surface area contributed by atoms with Gasteiger partial charge in [0.1, 0.15) is 3.70 Å². The molecule has 1 amide bonds. The van der Waals surface area contributed by atoms with Crippen molar-refractivity contribution >= 4 is 50.5 Å². The zero-order valence-corrected chi connectivity index (χ0v) is 14.3. The van der Waals surface area contributed by atoms with Gasteiger partial charge in [0.25, 0.3) is 0 Å². The topological polar surface area (TPSA) is 107 Å². The minimum atomic E-state index is -4.68. The van der Waals surface area contributed by atoms with Crippen molar-refractivity contribution in [3.63, 3.8) is 0 Å². The number of hydrogen-bond acceptors (Lipinski definition) is 7. The molecule has 2 rings (SSSR count). The standard InChI is InChI=1S/C11H11FIN3O5S/c1-21-11(18)9-10(14-3-7(13)15-9)16-4-6(2-8(16)17)5-22(12,19)20/h3,6H,2,4-5H2,1H3. The van der Waals surface area contributed by atoms with Gasteiger partial charge in [0.15, 0.2) is 11.5 Å². The van der Waals surface area contributed by atoms with Gasteiger partial charge >= 0.3 is 16.2 Å². The van der Waals surface area contributed by atoms with Crippen molar-refractivity contribution in [1.82, 2.24) is 9.97 Å². The van der Waals surface area contributed by atoms with Gasteiger partial charge in [-0.15, -0.1) is 3.89 Å². The summed E-state index contributed by atoms with van der Waals surface area (Å²) in [5.74, 6) is -2.68. The lowest BCUT2D eigenvalue weighted by molar-refractivity contribution is -0.117. The Balaban J connectivity index is 2.32. The zero-order chi connectivity index (χ0) is 16.5. The van der Waals surface area contributed by atoms with Gasteiger partial charge in [-0.05, 0) is 22.6 Å². The van der Waals surface area contributed by atoms with Crippen molar-refractivity contribution in [2.45, 2.75) is 6.42 Å².